The minimum absolute atomic E-state index is 0.0781. The minimum Gasteiger partial charge on any atom is -0.322 e. The second kappa shape index (κ2) is 8.61. The monoisotopic (exact) mass is 436 g/mol. The number of hydrogen-bond donors (Lipinski definition) is 3. The van der Waals surface area contributed by atoms with E-state index in [-0.39, 0.29) is 16.8 Å². The van der Waals surface area contributed by atoms with Crippen LogP contribution in [0.2, 0.25) is 0 Å². The second-order valence-electron chi connectivity index (χ2n) is 8.54. The Morgan fingerprint density at radius 2 is 1.90 bits per heavy atom. The van der Waals surface area contributed by atoms with Gasteiger partial charge in [-0.1, -0.05) is 51.1 Å². The highest BCUT2D eigenvalue weighted by Crippen LogP contribution is 2.33. The predicted molar refractivity (Wildman–Crippen MR) is 125 cm³/mol. The maximum Gasteiger partial charge on any atom is 0.251 e. The van der Waals surface area contributed by atoms with Crippen molar-refractivity contribution >= 4 is 27.4 Å². The van der Waals surface area contributed by atoms with Crippen LogP contribution in [0.25, 0.3) is 10.9 Å². The molecular weight excluding hydrogens is 411 g/mol. The summed E-state index contributed by atoms with van der Waals surface area (Å²) in [6, 6.07) is 16.2. The van der Waals surface area contributed by atoms with Crippen LogP contribution in [-0.4, -0.2) is 9.97 Å². The van der Waals surface area contributed by atoms with E-state index in [0.29, 0.717) is 23.7 Å². The first-order valence-corrected chi connectivity index (χ1v) is 11.0. The number of hydrogen-bond acceptors (Lipinski definition) is 5. The molecule has 0 aliphatic heterocycles. The third-order valence-electron chi connectivity index (χ3n) is 4.97. The molecule has 0 spiro atoms. The number of nitrogens with one attached hydrogen (secondary N) is 3. The van der Waals surface area contributed by atoms with Gasteiger partial charge in [0.15, 0.2) is 5.13 Å². The predicted octanol–water partition coefficient (Wildman–Crippen LogP) is 5.13. The van der Waals surface area contributed by atoms with E-state index >= 15 is 0 Å². The van der Waals surface area contributed by atoms with E-state index < -0.39 is 0 Å². The second-order valence-corrected chi connectivity index (χ2v) is 9.62. The number of rotatable bonds is 6. The quantitative estimate of drug-likeness (QED) is 0.367. The lowest BCUT2D eigenvalue weighted by molar-refractivity contribution is 0.567. The van der Waals surface area contributed by atoms with Crippen molar-refractivity contribution in [3.63, 3.8) is 0 Å². The molecule has 0 radical (unpaired) electrons. The summed E-state index contributed by atoms with van der Waals surface area (Å²) in [5.74, 6) is -0.258. The van der Waals surface area contributed by atoms with Crippen LogP contribution in [0.5, 0.6) is 0 Å². The highest BCUT2D eigenvalue weighted by atomic mass is 32.1. The summed E-state index contributed by atoms with van der Waals surface area (Å²) in [5, 5.41) is 1.72. The number of fused-ring (bicyclic) bond motifs is 1. The van der Waals surface area contributed by atoms with Crippen LogP contribution in [-0.2, 0) is 18.4 Å². The number of aromatic amines is 1. The molecule has 31 heavy (non-hydrogen) atoms. The molecule has 0 saturated heterocycles. The highest BCUT2D eigenvalue weighted by molar-refractivity contribution is 7.15. The summed E-state index contributed by atoms with van der Waals surface area (Å²) >= 11 is 1.52. The maximum atomic E-state index is 13.4. The average molecular weight is 437 g/mol. The lowest BCUT2D eigenvalue weighted by atomic mass is 9.90. The Morgan fingerprint density at radius 3 is 2.68 bits per heavy atom. The van der Waals surface area contributed by atoms with Crippen molar-refractivity contribution in [2.45, 2.75) is 39.2 Å². The topological polar surface area (TPSA) is 69.8 Å². The molecule has 0 saturated carbocycles. The van der Waals surface area contributed by atoms with Crippen molar-refractivity contribution in [2.24, 2.45) is 0 Å². The van der Waals surface area contributed by atoms with Crippen molar-refractivity contribution in [1.29, 1.82) is 0 Å². The molecule has 4 rings (SSSR count). The lowest BCUT2D eigenvalue weighted by Crippen LogP contribution is -2.21. The molecule has 3 N–H and O–H groups in total. The first kappa shape index (κ1) is 21.2. The van der Waals surface area contributed by atoms with E-state index in [1.165, 1.54) is 23.5 Å². The van der Waals surface area contributed by atoms with Gasteiger partial charge in [-0.15, -0.1) is 11.3 Å². The van der Waals surface area contributed by atoms with Gasteiger partial charge >= 0.3 is 0 Å². The Hall–Kier alpha value is -3.03. The van der Waals surface area contributed by atoms with Crippen molar-refractivity contribution in [3.05, 3.63) is 92.5 Å². The molecule has 0 aliphatic carbocycles. The van der Waals surface area contributed by atoms with Crippen LogP contribution in [0, 0.1) is 5.82 Å². The van der Waals surface area contributed by atoms with Gasteiger partial charge in [-0.2, -0.15) is 0 Å². The SMILES string of the molecule is CC(C)(C)c1nc(NNCc2cccc(F)c2)sc1Cc1cc2ccccc2[nH]c1=O. The van der Waals surface area contributed by atoms with Gasteiger partial charge in [0.2, 0.25) is 0 Å². The number of hydrazine groups is 1. The number of nitrogens with zero attached hydrogens (tertiary/aromatic N) is 1. The number of aromatic nitrogens is 2. The summed E-state index contributed by atoms with van der Waals surface area (Å²) < 4.78 is 13.4. The third-order valence-corrected chi connectivity index (χ3v) is 5.94. The first-order chi connectivity index (χ1) is 14.8. The molecule has 160 valence electrons. The van der Waals surface area contributed by atoms with Gasteiger partial charge in [-0.25, -0.2) is 14.8 Å². The molecule has 7 heteroatoms. The fraction of sp³-hybridized carbons (Fsp3) is 0.250. The zero-order valence-corrected chi connectivity index (χ0v) is 18.6. The summed E-state index contributed by atoms with van der Waals surface area (Å²) in [5.41, 5.74) is 9.32. The van der Waals surface area contributed by atoms with Gasteiger partial charge in [-0.3, -0.25) is 10.2 Å². The van der Waals surface area contributed by atoms with Crippen molar-refractivity contribution < 1.29 is 4.39 Å². The third kappa shape index (κ3) is 5.00. The van der Waals surface area contributed by atoms with Crippen LogP contribution in [0.15, 0.2) is 59.4 Å². The van der Waals surface area contributed by atoms with Gasteiger partial charge in [0.05, 0.1) is 5.69 Å². The van der Waals surface area contributed by atoms with Crippen LogP contribution in [0.3, 0.4) is 0 Å². The summed E-state index contributed by atoms with van der Waals surface area (Å²) in [4.78, 5) is 21.4. The minimum atomic E-state index is -0.258. The van der Waals surface area contributed by atoms with E-state index in [0.717, 1.165) is 27.0 Å². The normalized spacial score (nSPS) is 11.7. The number of anilines is 1. The summed E-state index contributed by atoms with van der Waals surface area (Å²) in [6.07, 6.45) is 0.510. The average Bonchev–Trinajstić information content (AvgIpc) is 3.12. The zero-order chi connectivity index (χ0) is 22.0. The van der Waals surface area contributed by atoms with Gasteiger partial charge < -0.3 is 4.98 Å². The molecule has 2 aromatic carbocycles. The highest BCUT2D eigenvalue weighted by Gasteiger charge is 2.24. The van der Waals surface area contributed by atoms with Crippen LogP contribution < -0.4 is 16.4 Å². The number of benzene rings is 2. The molecule has 0 fully saturated rings. The van der Waals surface area contributed by atoms with E-state index in [4.69, 9.17) is 4.98 Å². The Labute approximate surface area is 184 Å². The molecule has 0 aliphatic rings. The fourth-order valence-electron chi connectivity index (χ4n) is 3.48. The van der Waals surface area contributed by atoms with Gasteiger partial charge in [0.1, 0.15) is 5.82 Å². The number of H-pyrrole nitrogens is 1. The Kier molecular flexibility index (Phi) is 5.89. The number of halogens is 1. The van der Waals surface area contributed by atoms with Gasteiger partial charge in [0.25, 0.3) is 5.56 Å². The molecule has 2 aromatic heterocycles. The van der Waals surface area contributed by atoms with Gasteiger partial charge in [0, 0.05) is 34.3 Å². The van der Waals surface area contributed by atoms with E-state index in [9.17, 15) is 9.18 Å². The maximum absolute atomic E-state index is 13.4. The van der Waals surface area contributed by atoms with E-state index in [1.807, 2.05) is 36.4 Å². The molecule has 4 aromatic rings. The zero-order valence-electron chi connectivity index (χ0n) is 17.8. The Morgan fingerprint density at radius 1 is 1.10 bits per heavy atom. The van der Waals surface area contributed by atoms with Crippen LogP contribution >= 0.6 is 11.3 Å². The number of para-hydroxylation sites is 1. The lowest BCUT2D eigenvalue weighted by Gasteiger charge is -2.17. The molecule has 5 nitrogen and oxygen atoms in total. The van der Waals surface area contributed by atoms with Crippen molar-refractivity contribution in [1.82, 2.24) is 15.4 Å². The van der Waals surface area contributed by atoms with E-state index in [1.54, 1.807) is 6.07 Å². The molecule has 2 heterocycles. The molecule has 0 unspecified atom stereocenters. The van der Waals surface area contributed by atoms with Crippen molar-refractivity contribution in [2.75, 3.05) is 5.43 Å². The molecule has 0 bridgehead atoms. The Balaban J connectivity index is 1.56. The van der Waals surface area contributed by atoms with Crippen molar-refractivity contribution in [3.8, 4) is 0 Å². The summed E-state index contributed by atoms with van der Waals surface area (Å²) in [6.45, 7) is 6.79. The Bertz CT molecular complexity index is 1270. The smallest absolute Gasteiger partial charge is 0.251 e. The first-order valence-electron chi connectivity index (χ1n) is 10.1. The molecule has 0 amide bonds. The summed E-state index contributed by atoms with van der Waals surface area (Å²) in [7, 11) is 0. The van der Waals surface area contributed by atoms with Gasteiger partial charge in [-0.05, 0) is 35.2 Å². The van der Waals surface area contributed by atoms with E-state index in [2.05, 4.69) is 36.6 Å². The number of pyridine rings is 1. The standard InChI is InChI=1S/C24H25FN4OS/c1-24(2,3)21-20(13-17-12-16-8-4-5-10-19(16)27-22(17)30)31-23(28-21)29-26-14-15-7-6-9-18(25)11-15/h4-12,26H,13-14H2,1-3H3,(H,27,30)(H,28,29). The van der Waals surface area contributed by atoms with Crippen LogP contribution in [0.4, 0.5) is 9.52 Å². The fourth-order valence-corrected chi connectivity index (χ4v) is 4.65. The largest absolute Gasteiger partial charge is 0.322 e. The number of thiazole rings is 1. The van der Waals surface area contributed by atoms with Crippen LogP contribution in [0.1, 0.15) is 42.5 Å². The molecule has 0 atom stereocenters. The molecular formula is C24H25FN4OS.